The Morgan fingerprint density at radius 3 is 2.78 bits per heavy atom. The third-order valence-electron chi connectivity index (χ3n) is 2.41. The van der Waals surface area contributed by atoms with E-state index in [1.54, 1.807) is 18.2 Å². The number of aromatic carboxylic acids is 1. The second kappa shape index (κ2) is 4.66. The minimum Gasteiger partial charge on any atom is -0.478 e. The van der Waals surface area contributed by atoms with Crippen molar-refractivity contribution in [2.24, 2.45) is 0 Å². The first-order valence-electron chi connectivity index (χ1n) is 5.06. The normalized spacial score (nSPS) is 10.2. The lowest BCUT2D eigenvalue weighted by Gasteiger charge is -2.05. The van der Waals surface area contributed by atoms with Crippen LogP contribution in [0.5, 0.6) is 0 Å². The van der Waals surface area contributed by atoms with Gasteiger partial charge in [-0.25, -0.2) is 4.79 Å². The zero-order valence-corrected chi connectivity index (χ0v) is 9.18. The van der Waals surface area contributed by atoms with E-state index in [4.69, 9.17) is 5.11 Å². The van der Waals surface area contributed by atoms with Crippen LogP contribution in [0.25, 0.3) is 0 Å². The van der Waals surface area contributed by atoms with Crippen molar-refractivity contribution < 1.29 is 14.8 Å². The fourth-order valence-corrected chi connectivity index (χ4v) is 1.57. The maximum atomic E-state index is 11.0. The van der Waals surface area contributed by atoms with Crippen molar-refractivity contribution in [2.75, 3.05) is 0 Å². The summed E-state index contributed by atoms with van der Waals surface area (Å²) in [7, 11) is 0. The van der Waals surface area contributed by atoms with Crippen LogP contribution in [0, 0.1) is 10.1 Å². The molecular weight excluding hydrogens is 238 g/mol. The zero-order chi connectivity index (χ0) is 13.1. The average molecular weight is 247 g/mol. The van der Waals surface area contributed by atoms with Crippen LogP contribution in [0.4, 0.5) is 5.69 Å². The summed E-state index contributed by atoms with van der Waals surface area (Å²) in [4.78, 5) is 20.9. The average Bonchev–Trinajstić information content (AvgIpc) is 2.78. The molecule has 0 saturated carbocycles. The van der Waals surface area contributed by atoms with Crippen molar-refractivity contribution in [3.8, 4) is 0 Å². The second-order valence-electron chi connectivity index (χ2n) is 3.62. The van der Waals surface area contributed by atoms with Gasteiger partial charge in [0.2, 0.25) is 0 Å². The van der Waals surface area contributed by atoms with Gasteiger partial charge in [0.15, 0.2) is 0 Å². The van der Waals surface area contributed by atoms with Gasteiger partial charge in [0.1, 0.15) is 12.4 Å². The van der Waals surface area contributed by atoms with Gasteiger partial charge in [-0.1, -0.05) is 18.2 Å². The summed E-state index contributed by atoms with van der Waals surface area (Å²) in [6, 6.07) is 6.46. The summed E-state index contributed by atoms with van der Waals surface area (Å²) in [5, 5.41) is 23.3. The van der Waals surface area contributed by atoms with Gasteiger partial charge in [-0.05, 0) is 11.6 Å². The quantitative estimate of drug-likeness (QED) is 0.652. The first kappa shape index (κ1) is 11.8. The van der Waals surface area contributed by atoms with Crippen LogP contribution in [-0.2, 0) is 6.54 Å². The van der Waals surface area contributed by atoms with E-state index in [2.05, 4.69) is 5.10 Å². The van der Waals surface area contributed by atoms with Crippen molar-refractivity contribution in [3.63, 3.8) is 0 Å². The molecule has 1 N–H and O–H groups in total. The maximum absolute atomic E-state index is 11.0. The molecule has 7 heteroatoms. The van der Waals surface area contributed by atoms with E-state index >= 15 is 0 Å². The van der Waals surface area contributed by atoms with Gasteiger partial charge < -0.3 is 5.11 Å². The number of carboxylic acids is 1. The van der Waals surface area contributed by atoms with E-state index < -0.39 is 10.9 Å². The van der Waals surface area contributed by atoms with Gasteiger partial charge in [0.25, 0.3) is 0 Å². The topological polar surface area (TPSA) is 98.3 Å². The molecule has 0 aliphatic heterocycles. The molecule has 1 aromatic heterocycles. The largest absolute Gasteiger partial charge is 0.478 e. The van der Waals surface area contributed by atoms with Crippen LogP contribution < -0.4 is 0 Å². The highest BCUT2D eigenvalue weighted by atomic mass is 16.6. The van der Waals surface area contributed by atoms with Crippen LogP contribution in [0.2, 0.25) is 0 Å². The Kier molecular flexibility index (Phi) is 3.05. The third-order valence-corrected chi connectivity index (χ3v) is 2.41. The summed E-state index contributed by atoms with van der Waals surface area (Å²) < 4.78 is 1.33. The van der Waals surface area contributed by atoms with E-state index in [1.165, 1.54) is 16.9 Å². The lowest BCUT2D eigenvalue weighted by molar-refractivity contribution is -0.385. The summed E-state index contributed by atoms with van der Waals surface area (Å²) in [5.41, 5.74) is 0.585. The molecule has 0 radical (unpaired) electrons. The Balaban J connectivity index is 2.28. The van der Waals surface area contributed by atoms with Crippen LogP contribution in [0.15, 0.2) is 36.7 Å². The minimum absolute atomic E-state index is 0.122. The molecule has 0 aliphatic rings. The molecule has 1 heterocycles. The van der Waals surface area contributed by atoms with Gasteiger partial charge >= 0.3 is 11.7 Å². The molecule has 0 atom stereocenters. The Hall–Kier alpha value is -2.70. The van der Waals surface area contributed by atoms with Crippen LogP contribution in [-0.4, -0.2) is 25.8 Å². The first-order valence-corrected chi connectivity index (χ1v) is 5.06. The van der Waals surface area contributed by atoms with Gasteiger partial charge in [0.05, 0.1) is 17.0 Å². The number of carbonyl (C=O) groups is 1. The Morgan fingerprint density at radius 2 is 2.17 bits per heavy atom. The standard InChI is InChI=1S/C11H9N3O4/c15-11(16)10-4-2-1-3-8(10)6-13-7-9(5-12-13)14(17)18/h1-5,7H,6H2,(H,15,16). The van der Waals surface area contributed by atoms with Crippen LogP contribution >= 0.6 is 0 Å². The van der Waals surface area contributed by atoms with Crippen LogP contribution in [0.3, 0.4) is 0 Å². The molecule has 7 nitrogen and oxygen atoms in total. The molecule has 2 rings (SSSR count). The van der Waals surface area contributed by atoms with Gasteiger partial charge in [-0.3, -0.25) is 14.8 Å². The van der Waals surface area contributed by atoms with E-state index in [9.17, 15) is 14.9 Å². The lowest BCUT2D eigenvalue weighted by Crippen LogP contribution is -2.07. The lowest BCUT2D eigenvalue weighted by atomic mass is 10.1. The maximum Gasteiger partial charge on any atom is 0.336 e. The summed E-state index contributed by atoms with van der Waals surface area (Å²) in [5.74, 6) is -1.03. The number of nitro groups is 1. The van der Waals surface area contributed by atoms with Crippen molar-refractivity contribution in [1.29, 1.82) is 0 Å². The Bertz CT molecular complexity index is 606. The minimum atomic E-state index is -1.03. The van der Waals surface area contributed by atoms with Crippen LogP contribution in [0.1, 0.15) is 15.9 Å². The molecule has 1 aromatic carbocycles. The molecule has 0 spiro atoms. The molecular formula is C11H9N3O4. The molecule has 0 fully saturated rings. The predicted molar refractivity (Wildman–Crippen MR) is 61.4 cm³/mol. The summed E-state index contributed by atoms with van der Waals surface area (Å²) in [6.07, 6.45) is 2.39. The van der Waals surface area contributed by atoms with Crippen molar-refractivity contribution in [2.45, 2.75) is 6.54 Å². The number of hydrogen-bond donors (Lipinski definition) is 1. The van der Waals surface area contributed by atoms with E-state index in [0.717, 1.165) is 6.20 Å². The molecule has 0 saturated heterocycles. The van der Waals surface area contributed by atoms with Gasteiger partial charge in [0, 0.05) is 0 Å². The fraction of sp³-hybridized carbons (Fsp3) is 0.0909. The monoisotopic (exact) mass is 247 g/mol. The third kappa shape index (κ3) is 2.34. The number of nitrogens with zero attached hydrogens (tertiary/aromatic N) is 3. The summed E-state index contributed by atoms with van der Waals surface area (Å²) >= 11 is 0. The smallest absolute Gasteiger partial charge is 0.336 e. The molecule has 0 bridgehead atoms. The fourth-order valence-electron chi connectivity index (χ4n) is 1.57. The molecule has 0 aliphatic carbocycles. The highest BCUT2D eigenvalue weighted by Crippen LogP contribution is 2.13. The highest BCUT2D eigenvalue weighted by Gasteiger charge is 2.12. The summed E-state index contributed by atoms with van der Waals surface area (Å²) in [6.45, 7) is 0.177. The van der Waals surface area contributed by atoms with Crippen molar-refractivity contribution in [3.05, 3.63) is 57.9 Å². The number of aromatic nitrogens is 2. The molecule has 0 amide bonds. The number of rotatable bonds is 4. The SMILES string of the molecule is O=C(O)c1ccccc1Cn1cc([N+](=O)[O-])cn1. The van der Waals surface area contributed by atoms with Crippen molar-refractivity contribution in [1.82, 2.24) is 9.78 Å². The number of hydrogen-bond acceptors (Lipinski definition) is 4. The van der Waals surface area contributed by atoms with Crippen molar-refractivity contribution >= 4 is 11.7 Å². The predicted octanol–water partition coefficient (Wildman–Crippen LogP) is 1.54. The Morgan fingerprint density at radius 1 is 1.44 bits per heavy atom. The van der Waals surface area contributed by atoms with E-state index in [-0.39, 0.29) is 17.8 Å². The first-order chi connectivity index (χ1) is 8.58. The number of carboxylic acid groups (broad SMARTS) is 1. The van der Waals surface area contributed by atoms with Gasteiger partial charge in [-0.2, -0.15) is 5.10 Å². The molecule has 2 aromatic rings. The number of benzene rings is 1. The van der Waals surface area contributed by atoms with E-state index in [1.807, 2.05) is 0 Å². The van der Waals surface area contributed by atoms with Gasteiger partial charge in [-0.15, -0.1) is 0 Å². The molecule has 92 valence electrons. The molecule has 0 unspecified atom stereocenters. The molecule has 18 heavy (non-hydrogen) atoms. The Labute approximate surface area is 101 Å². The van der Waals surface area contributed by atoms with E-state index in [0.29, 0.717) is 5.56 Å². The highest BCUT2D eigenvalue weighted by molar-refractivity contribution is 5.89. The zero-order valence-electron chi connectivity index (χ0n) is 9.18. The second-order valence-corrected chi connectivity index (χ2v) is 3.62.